The first-order chi connectivity index (χ1) is 9.11. The zero-order chi connectivity index (χ0) is 13.8. The number of hydrogen-bond acceptors (Lipinski definition) is 3. The van der Waals surface area contributed by atoms with Gasteiger partial charge >= 0.3 is 0 Å². The number of aliphatic hydroxyl groups excluding tert-OH is 2. The third-order valence-electron chi connectivity index (χ3n) is 3.84. The van der Waals surface area contributed by atoms with Gasteiger partial charge in [-0.05, 0) is 50.3 Å². The zero-order valence-electron chi connectivity index (χ0n) is 11.3. The van der Waals surface area contributed by atoms with Crippen LogP contribution in [-0.2, 0) is 0 Å². The number of rotatable bonds is 4. The van der Waals surface area contributed by atoms with Crippen molar-refractivity contribution in [3.8, 4) is 0 Å². The van der Waals surface area contributed by atoms with E-state index in [1.807, 2.05) is 0 Å². The summed E-state index contributed by atoms with van der Waals surface area (Å²) in [5.41, 5.74) is 1.56. The Morgan fingerprint density at radius 2 is 2.26 bits per heavy atom. The maximum Gasteiger partial charge on any atom is 0.123 e. The molecule has 3 nitrogen and oxygen atoms in total. The molecule has 0 radical (unpaired) electrons. The Kier molecular flexibility index (Phi) is 4.77. The van der Waals surface area contributed by atoms with E-state index in [2.05, 4.69) is 4.90 Å². The molecule has 1 fully saturated rings. The molecule has 4 heteroatoms. The Bertz CT molecular complexity index is 421. The lowest BCUT2D eigenvalue weighted by Crippen LogP contribution is -2.36. The van der Waals surface area contributed by atoms with Crippen molar-refractivity contribution in [2.24, 2.45) is 5.92 Å². The second kappa shape index (κ2) is 6.35. The molecule has 106 valence electrons. The summed E-state index contributed by atoms with van der Waals surface area (Å²) >= 11 is 0. The van der Waals surface area contributed by atoms with Gasteiger partial charge in [-0.25, -0.2) is 4.39 Å². The molecule has 0 saturated carbocycles. The van der Waals surface area contributed by atoms with Crippen molar-refractivity contribution in [2.75, 3.05) is 24.6 Å². The lowest BCUT2D eigenvalue weighted by Gasteiger charge is -2.35. The Labute approximate surface area is 113 Å². The number of nitrogens with zero attached hydrogens (tertiary/aromatic N) is 1. The molecule has 0 bridgehead atoms. The SMILES string of the molecule is CC(O)c1cc(F)ccc1N1CCCC(CCO)C1. The minimum Gasteiger partial charge on any atom is -0.396 e. The number of halogens is 1. The van der Waals surface area contributed by atoms with E-state index in [0.717, 1.165) is 38.0 Å². The van der Waals surface area contributed by atoms with E-state index in [4.69, 9.17) is 5.11 Å². The van der Waals surface area contributed by atoms with Crippen molar-refractivity contribution in [1.82, 2.24) is 0 Å². The van der Waals surface area contributed by atoms with Crippen LogP contribution in [0.2, 0.25) is 0 Å². The van der Waals surface area contributed by atoms with Crippen LogP contribution < -0.4 is 4.90 Å². The van der Waals surface area contributed by atoms with Gasteiger partial charge in [-0.1, -0.05) is 0 Å². The van der Waals surface area contributed by atoms with Crippen molar-refractivity contribution in [2.45, 2.75) is 32.3 Å². The number of anilines is 1. The molecular formula is C15H22FNO2. The average molecular weight is 267 g/mol. The monoisotopic (exact) mass is 267 g/mol. The van der Waals surface area contributed by atoms with Crippen molar-refractivity contribution < 1.29 is 14.6 Å². The van der Waals surface area contributed by atoms with Gasteiger partial charge in [0.15, 0.2) is 0 Å². The van der Waals surface area contributed by atoms with Crippen LogP contribution >= 0.6 is 0 Å². The molecule has 0 aromatic heterocycles. The predicted molar refractivity (Wildman–Crippen MR) is 73.7 cm³/mol. The van der Waals surface area contributed by atoms with Gasteiger partial charge in [-0.15, -0.1) is 0 Å². The van der Waals surface area contributed by atoms with Crippen LogP contribution in [0.5, 0.6) is 0 Å². The van der Waals surface area contributed by atoms with Crippen molar-refractivity contribution in [1.29, 1.82) is 0 Å². The molecule has 2 unspecified atom stereocenters. The van der Waals surface area contributed by atoms with Crippen LogP contribution in [-0.4, -0.2) is 29.9 Å². The summed E-state index contributed by atoms with van der Waals surface area (Å²) in [4.78, 5) is 2.20. The van der Waals surface area contributed by atoms with Crippen LogP contribution in [0.1, 0.15) is 37.9 Å². The highest BCUT2D eigenvalue weighted by molar-refractivity contribution is 5.55. The highest BCUT2D eigenvalue weighted by Crippen LogP contribution is 2.31. The van der Waals surface area contributed by atoms with Gasteiger partial charge in [0.1, 0.15) is 5.82 Å². The van der Waals surface area contributed by atoms with Gasteiger partial charge in [-0.3, -0.25) is 0 Å². The molecule has 1 aliphatic rings. The van der Waals surface area contributed by atoms with E-state index < -0.39 is 6.10 Å². The lowest BCUT2D eigenvalue weighted by atomic mass is 9.94. The number of piperidine rings is 1. The predicted octanol–water partition coefficient (Wildman–Crippen LogP) is 2.48. The van der Waals surface area contributed by atoms with Crippen LogP contribution in [0, 0.1) is 11.7 Å². The average Bonchev–Trinajstić information content (AvgIpc) is 2.39. The topological polar surface area (TPSA) is 43.7 Å². The Morgan fingerprint density at radius 1 is 1.47 bits per heavy atom. The summed E-state index contributed by atoms with van der Waals surface area (Å²) < 4.78 is 13.3. The number of aliphatic hydroxyl groups is 2. The largest absolute Gasteiger partial charge is 0.396 e. The lowest BCUT2D eigenvalue weighted by molar-refractivity contribution is 0.198. The van der Waals surface area contributed by atoms with Gasteiger partial charge in [0.25, 0.3) is 0 Å². The summed E-state index contributed by atoms with van der Waals surface area (Å²) in [5.74, 6) is 0.161. The van der Waals surface area contributed by atoms with Crippen LogP contribution in [0.4, 0.5) is 10.1 Å². The number of hydrogen-bond donors (Lipinski definition) is 2. The smallest absolute Gasteiger partial charge is 0.123 e. The fraction of sp³-hybridized carbons (Fsp3) is 0.600. The highest BCUT2D eigenvalue weighted by atomic mass is 19.1. The molecule has 1 aromatic rings. The molecule has 0 aliphatic carbocycles. The standard InChI is InChI=1S/C15H22FNO2/c1-11(19)14-9-13(16)4-5-15(14)17-7-2-3-12(10-17)6-8-18/h4-5,9,11-12,18-19H,2-3,6-8,10H2,1H3. The molecule has 2 atom stereocenters. The molecule has 0 spiro atoms. The second-order valence-corrected chi connectivity index (χ2v) is 5.35. The van der Waals surface area contributed by atoms with Gasteiger partial charge < -0.3 is 15.1 Å². The molecule has 2 N–H and O–H groups in total. The third kappa shape index (κ3) is 3.45. The Balaban J connectivity index is 2.20. The first-order valence-corrected chi connectivity index (χ1v) is 6.95. The molecule has 1 aliphatic heterocycles. The van der Waals surface area contributed by atoms with E-state index in [-0.39, 0.29) is 12.4 Å². The van der Waals surface area contributed by atoms with E-state index in [0.29, 0.717) is 11.5 Å². The molecule has 1 heterocycles. The quantitative estimate of drug-likeness (QED) is 0.881. The number of benzene rings is 1. The van der Waals surface area contributed by atoms with Crippen molar-refractivity contribution >= 4 is 5.69 Å². The third-order valence-corrected chi connectivity index (χ3v) is 3.84. The molecule has 0 amide bonds. The Hall–Kier alpha value is -1.13. The molecule has 19 heavy (non-hydrogen) atoms. The molecule has 2 rings (SSSR count). The summed E-state index contributed by atoms with van der Waals surface area (Å²) in [6, 6.07) is 4.60. The molecule has 1 saturated heterocycles. The van der Waals surface area contributed by atoms with E-state index in [9.17, 15) is 9.50 Å². The van der Waals surface area contributed by atoms with Crippen molar-refractivity contribution in [3.63, 3.8) is 0 Å². The second-order valence-electron chi connectivity index (χ2n) is 5.35. The fourth-order valence-corrected chi connectivity index (χ4v) is 2.85. The first kappa shape index (κ1) is 14.3. The summed E-state index contributed by atoms with van der Waals surface area (Å²) in [5, 5.41) is 18.8. The molecular weight excluding hydrogens is 245 g/mol. The summed E-state index contributed by atoms with van der Waals surface area (Å²) in [6.07, 6.45) is 2.33. The maximum absolute atomic E-state index is 13.3. The minimum atomic E-state index is -0.677. The first-order valence-electron chi connectivity index (χ1n) is 6.95. The van der Waals surface area contributed by atoms with Crippen LogP contribution in [0.15, 0.2) is 18.2 Å². The molecule has 1 aromatic carbocycles. The minimum absolute atomic E-state index is 0.213. The Morgan fingerprint density at radius 3 is 2.95 bits per heavy atom. The summed E-state index contributed by atoms with van der Waals surface area (Å²) in [6.45, 7) is 3.66. The van der Waals surface area contributed by atoms with Gasteiger partial charge in [0, 0.05) is 30.9 Å². The van der Waals surface area contributed by atoms with Gasteiger partial charge in [0.2, 0.25) is 0 Å². The summed E-state index contributed by atoms with van der Waals surface area (Å²) in [7, 11) is 0. The van der Waals surface area contributed by atoms with Gasteiger partial charge in [-0.2, -0.15) is 0 Å². The normalized spacial score (nSPS) is 21.5. The maximum atomic E-state index is 13.3. The van der Waals surface area contributed by atoms with Crippen molar-refractivity contribution in [3.05, 3.63) is 29.6 Å². The van der Waals surface area contributed by atoms with Gasteiger partial charge in [0.05, 0.1) is 6.10 Å². The fourth-order valence-electron chi connectivity index (χ4n) is 2.85. The van der Waals surface area contributed by atoms with Crippen LogP contribution in [0.3, 0.4) is 0 Å². The van der Waals surface area contributed by atoms with Crippen LogP contribution in [0.25, 0.3) is 0 Å². The van der Waals surface area contributed by atoms with E-state index >= 15 is 0 Å². The zero-order valence-corrected chi connectivity index (χ0v) is 11.3. The highest BCUT2D eigenvalue weighted by Gasteiger charge is 2.22. The van der Waals surface area contributed by atoms with E-state index in [1.165, 1.54) is 12.1 Å². The van der Waals surface area contributed by atoms with E-state index in [1.54, 1.807) is 13.0 Å².